The molecule has 1 unspecified atom stereocenters. The van der Waals surface area contributed by atoms with Crippen molar-refractivity contribution in [3.8, 4) is 0 Å². The molecular formula is C10H16N2O. The Hall–Kier alpha value is -0.800. The quantitative estimate of drug-likeness (QED) is 0.764. The summed E-state index contributed by atoms with van der Waals surface area (Å²) in [5.74, 6) is 0.895. The molecule has 2 N–H and O–H groups in total. The summed E-state index contributed by atoms with van der Waals surface area (Å²) in [6, 6.07) is 3.87. The molecule has 1 saturated heterocycles. The second-order valence-electron chi connectivity index (χ2n) is 3.63. The number of likely N-dealkylation sites (tertiary alicyclic amines) is 1. The van der Waals surface area contributed by atoms with Crippen LogP contribution in [0.1, 0.15) is 24.6 Å². The maximum Gasteiger partial charge on any atom is 0.121 e. The molecule has 0 spiro atoms. The number of nitrogens with two attached hydrogens (primary N) is 1. The summed E-state index contributed by atoms with van der Waals surface area (Å²) in [4.78, 5) is 2.40. The first-order valence-electron chi connectivity index (χ1n) is 4.87. The summed E-state index contributed by atoms with van der Waals surface area (Å²) in [5, 5.41) is 0. The van der Waals surface area contributed by atoms with Crippen LogP contribution in [0.15, 0.2) is 22.8 Å². The molecular weight excluding hydrogens is 164 g/mol. The van der Waals surface area contributed by atoms with Crippen molar-refractivity contribution >= 4 is 0 Å². The molecule has 0 bridgehead atoms. The number of hydrogen-bond donors (Lipinski definition) is 1. The van der Waals surface area contributed by atoms with E-state index in [0.29, 0.717) is 0 Å². The van der Waals surface area contributed by atoms with Crippen LogP contribution in [-0.4, -0.2) is 24.5 Å². The van der Waals surface area contributed by atoms with Gasteiger partial charge in [-0.2, -0.15) is 0 Å². The Morgan fingerprint density at radius 3 is 2.85 bits per heavy atom. The Morgan fingerprint density at radius 2 is 2.23 bits per heavy atom. The van der Waals surface area contributed by atoms with E-state index in [9.17, 15) is 0 Å². The predicted molar refractivity (Wildman–Crippen MR) is 51.3 cm³/mol. The smallest absolute Gasteiger partial charge is 0.121 e. The molecule has 0 aliphatic carbocycles. The van der Waals surface area contributed by atoms with Gasteiger partial charge in [0, 0.05) is 6.54 Å². The van der Waals surface area contributed by atoms with Crippen LogP contribution in [0.4, 0.5) is 0 Å². The third-order valence-electron chi connectivity index (χ3n) is 2.56. The Labute approximate surface area is 78.5 Å². The van der Waals surface area contributed by atoms with Crippen LogP contribution in [0.2, 0.25) is 0 Å². The average Bonchev–Trinajstić information content (AvgIpc) is 2.74. The van der Waals surface area contributed by atoms with Gasteiger partial charge in [-0.3, -0.25) is 0 Å². The van der Waals surface area contributed by atoms with E-state index in [4.69, 9.17) is 10.2 Å². The van der Waals surface area contributed by atoms with Gasteiger partial charge in [-0.1, -0.05) is 0 Å². The molecule has 0 radical (unpaired) electrons. The first-order chi connectivity index (χ1) is 6.36. The minimum atomic E-state index is 0.0353. The van der Waals surface area contributed by atoms with E-state index in [-0.39, 0.29) is 6.04 Å². The lowest BCUT2D eigenvalue weighted by atomic mass is 10.2. The zero-order valence-electron chi connectivity index (χ0n) is 7.78. The molecule has 1 aliphatic rings. The van der Waals surface area contributed by atoms with Gasteiger partial charge in [-0.15, -0.1) is 0 Å². The van der Waals surface area contributed by atoms with Crippen molar-refractivity contribution in [2.75, 3.05) is 19.6 Å². The van der Waals surface area contributed by atoms with Crippen LogP contribution in [0, 0.1) is 0 Å². The summed E-state index contributed by atoms with van der Waals surface area (Å²) in [6.45, 7) is 3.30. The van der Waals surface area contributed by atoms with Gasteiger partial charge in [-0.25, -0.2) is 0 Å². The number of rotatable bonds is 3. The molecule has 1 fully saturated rings. The van der Waals surface area contributed by atoms with E-state index in [0.717, 1.165) is 12.3 Å². The third-order valence-corrected chi connectivity index (χ3v) is 2.56. The highest BCUT2D eigenvalue weighted by molar-refractivity contribution is 5.04. The summed E-state index contributed by atoms with van der Waals surface area (Å²) in [7, 11) is 0. The molecule has 1 atom stereocenters. The molecule has 3 heteroatoms. The Kier molecular flexibility index (Phi) is 2.66. The average molecular weight is 180 g/mol. The first kappa shape index (κ1) is 8.78. The fourth-order valence-electron chi connectivity index (χ4n) is 1.84. The van der Waals surface area contributed by atoms with Gasteiger partial charge in [0.1, 0.15) is 5.76 Å². The Bertz CT molecular complexity index is 239. The fourth-order valence-corrected chi connectivity index (χ4v) is 1.84. The van der Waals surface area contributed by atoms with Gasteiger partial charge < -0.3 is 15.1 Å². The van der Waals surface area contributed by atoms with Gasteiger partial charge in [0.05, 0.1) is 12.3 Å². The monoisotopic (exact) mass is 180 g/mol. The molecule has 3 nitrogen and oxygen atoms in total. The lowest BCUT2D eigenvalue weighted by Gasteiger charge is -2.18. The van der Waals surface area contributed by atoms with Crippen molar-refractivity contribution in [2.24, 2.45) is 5.73 Å². The van der Waals surface area contributed by atoms with Crippen LogP contribution < -0.4 is 5.73 Å². The third kappa shape index (κ3) is 2.11. The number of hydrogen-bond acceptors (Lipinski definition) is 3. The molecule has 0 amide bonds. The van der Waals surface area contributed by atoms with Gasteiger partial charge in [0.2, 0.25) is 0 Å². The van der Waals surface area contributed by atoms with Gasteiger partial charge >= 0.3 is 0 Å². The van der Waals surface area contributed by atoms with Crippen molar-refractivity contribution in [1.29, 1.82) is 0 Å². The lowest BCUT2D eigenvalue weighted by molar-refractivity contribution is 0.298. The molecule has 13 heavy (non-hydrogen) atoms. The van der Waals surface area contributed by atoms with E-state index < -0.39 is 0 Å². The Morgan fingerprint density at radius 1 is 1.46 bits per heavy atom. The zero-order valence-corrected chi connectivity index (χ0v) is 7.78. The molecule has 0 saturated carbocycles. The standard InChI is InChI=1S/C10H16N2O/c11-9(10-4-3-7-13-10)8-12-5-1-2-6-12/h3-4,7,9H,1-2,5-6,8,11H2. The van der Waals surface area contributed by atoms with Crippen LogP contribution >= 0.6 is 0 Å². The second kappa shape index (κ2) is 3.94. The molecule has 72 valence electrons. The van der Waals surface area contributed by atoms with E-state index in [2.05, 4.69) is 4.90 Å². The molecule has 2 heterocycles. The largest absolute Gasteiger partial charge is 0.468 e. The normalized spacial score (nSPS) is 20.7. The molecule has 0 aromatic carbocycles. The molecule has 2 rings (SSSR count). The second-order valence-corrected chi connectivity index (χ2v) is 3.63. The highest BCUT2D eigenvalue weighted by atomic mass is 16.3. The van der Waals surface area contributed by atoms with E-state index in [1.165, 1.54) is 25.9 Å². The highest BCUT2D eigenvalue weighted by Crippen LogP contribution is 2.15. The van der Waals surface area contributed by atoms with Crippen LogP contribution in [0.5, 0.6) is 0 Å². The number of furan rings is 1. The van der Waals surface area contributed by atoms with Crippen LogP contribution in [-0.2, 0) is 0 Å². The summed E-state index contributed by atoms with van der Waals surface area (Å²) in [6.07, 6.45) is 4.30. The molecule has 1 aliphatic heterocycles. The van der Waals surface area contributed by atoms with Crippen molar-refractivity contribution < 1.29 is 4.42 Å². The van der Waals surface area contributed by atoms with Crippen molar-refractivity contribution in [3.05, 3.63) is 24.2 Å². The summed E-state index contributed by atoms with van der Waals surface area (Å²) in [5.41, 5.74) is 5.98. The Balaban J connectivity index is 1.87. The summed E-state index contributed by atoms with van der Waals surface area (Å²) < 4.78 is 5.25. The van der Waals surface area contributed by atoms with Gasteiger partial charge in [0.15, 0.2) is 0 Å². The minimum absolute atomic E-state index is 0.0353. The van der Waals surface area contributed by atoms with E-state index >= 15 is 0 Å². The van der Waals surface area contributed by atoms with Gasteiger partial charge in [-0.05, 0) is 38.1 Å². The van der Waals surface area contributed by atoms with Crippen molar-refractivity contribution in [3.63, 3.8) is 0 Å². The molecule has 1 aromatic heterocycles. The van der Waals surface area contributed by atoms with Crippen LogP contribution in [0.3, 0.4) is 0 Å². The zero-order chi connectivity index (χ0) is 9.10. The minimum Gasteiger partial charge on any atom is -0.468 e. The maximum atomic E-state index is 5.98. The van der Waals surface area contributed by atoms with Crippen molar-refractivity contribution in [2.45, 2.75) is 18.9 Å². The van der Waals surface area contributed by atoms with E-state index in [1.807, 2.05) is 12.1 Å². The number of nitrogens with zero attached hydrogens (tertiary/aromatic N) is 1. The highest BCUT2D eigenvalue weighted by Gasteiger charge is 2.17. The van der Waals surface area contributed by atoms with Gasteiger partial charge in [0.25, 0.3) is 0 Å². The summed E-state index contributed by atoms with van der Waals surface area (Å²) >= 11 is 0. The predicted octanol–water partition coefficient (Wildman–Crippen LogP) is 1.38. The van der Waals surface area contributed by atoms with Crippen molar-refractivity contribution in [1.82, 2.24) is 4.90 Å². The topological polar surface area (TPSA) is 42.4 Å². The van der Waals surface area contributed by atoms with E-state index in [1.54, 1.807) is 6.26 Å². The maximum absolute atomic E-state index is 5.98. The molecule has 1 aromatic rings. The lowest BCUT2D eigenvalue weighted by Crippen LogP contribution is -2.29. The SMILES string of the molecule is NC(CN1CCCC1)c1ccco1. The van der Waals surface area contributed by atoms with Crippen LogP contribution in [0.25, 0.3) is 0 Å². The first-order valence-corrected chi connectivity index (χ1v) is 4.87. The fraction of sp³-hybridized carbons (Fsp3) is 0.600.